The van der Waals surface area contributed by atoms with Crippen molar-refractivity contribution in [1.29, 1.82) is 0 Å². The summed E-state index contributed by atoms with van der Waals surface area (Å²) in [4.78, 5) is 18.5. The van der Waals surface area contributed by atoms with Crippen LogP contribution in [-0.4, -0.2) is 57.7 Å². The van der Waals surface area contributed by atoms with Crippen LogP contribution in [0.3, 0.4) is 0 Å². The summed E-state index contributed by atoms with van der Waals surface area (Å²) in [7, 11) is 7.09. The molecule has 0 saturated carbocycles. The summed E-state index contributed by atoms with van der Waals surface area (Å²) < 4.78 is 23.9. The third kappa shape index (κ3) is 4.51. The Hall–Kier alpha value is -3.72. The second-order valence-corrected chi connectivity index (χ2v) is 8.40. The summed E-state index contributed by atoms with van der Waals surface area (Å²) in [5, 5.41) is 7.52. The van der Waals surface area contributed by atoms with Gasteiger partial charge in [0.15, 0.2) is 5.69 Å². The van der Waals surface area contributed by atoms with Crippen molar-refractivity contribution in [2.45, 2.75) is 19.9 Å². The van der Waals surface area contributed by atoms with E-state index >= 15 is 0 Å². The molecule has 3 aromatic heterocycles. The van der Waals surface area contributed by atoms with Gasteiger partial charge in [0, 0.05) is 68.8 Å². The number of nitrogens with one attached hydrogen (secondary N) is 1. The predicted octanol–water partition coefficient (Wildman–Crippen LogP) is 3.23. The molecule has 4 rings (SSSR count). The van der Waals surface area contributed by atoms with Gasteiger partial charge in [-0.15, -0.1) is 0 Å². The number of hydrogen-bond donors (Lipinski definition) is 1. The van der Waals surface area contributed by atoms with Crippen molar-refractivity contribution in [3.8, 4) is 16.9 Å². The fourth-order valence-corrected chi connectivity index (χ4v) is 3.95. The molecule has 8 nitrogen and oxygen atoms in total. The number of carbonyl (C=O) groups is 1. The third-order valence-corrected chi connectivity index (χ3v) is 5.87. The summed E-state index contributed by atoms with van der Waals surface area (Å²) in [6.45, 7) is 2.87. The van der Waals surface area contributed by atoms with Gasteiger partial charge in [-0.1, -0.05) is 0 Å². The molecule has 0 unspecified atom stereocenters. The molecule has 1 N–H and O–H groups in total. The Bertz CT molecular complexity index is 1340. The molecule has 34 heavy (non-hydrogen) atoms. The molecule has 0 saturated heterocycles. The fraction of sp³-hybridized carbons (Fsp3) is 0.320. The van der Waals surface area contributed by atoms with E-state index < -0.39 is 0 Å². The van der Waals surface area contributed by atoms with E-state index in [2.05, 4.69) is 15.4 Å². The molecule has 1 amide bonds. The molecule has 0 aliphatic rings. The van der Waals surface area contributed by atoms with Gasteiger partial charge in [0.2, 0.25) is 0 Å². The number of imidazole rings is 1. The van der Waals surface area contributed by atoms with Gasteiger partial charge in [0.1, 0.15) is 17.2 Å². The van der Waals surface area contributed by atoms with Gasteiger partial charge in [-0.2, -0.15) is 5.10 Å². The van der Waals surface area contributed by atoms with Crippen molar-refractivity contribution in [2.24, 2.45) is 7.05 Å². The van der Waals surface area contributed by atoms with Crippen molar-refractivity contribution in [3.63, 3.8) is 0 Å². The maximum Gasteiger partial charge on any atom is 0.274 e. The largest absolute Gasteiger partial charge is 0.492 e. The molecule has 0 atom stereocenters. The Labute approximate surface area is 198 Å². The van der Waals surface area contributed by atoms with E-state index in [4.69, 9.17) is 4.74 Å². The highest BCUT2D eigenvalue weighted by Gasteiger charge is 2.21. The predicted molar refractivity (Wildman–Crippen MR) is 129 cm³/mol. The van der Waals surface area contributed by atoms with Crippen molar-refractivity contribution >= 4 is 11.6 Å². The average molecular weight is 465 g/mol. The molecule has 0 radical (unpaired) electrons. The first-order valence-electron chi connectivity index (χ1n) is 11.1. The van der Waals surface area contributed by atoms with E-state index in [-0.39, 0.29) is 18.3 Å². The maximum absolute atomic E-state index is 14.1. The van der Waals surface area contributed by atoms with E-state index in [0.717, 1.165) is 33.7 Å². The van der Waals surface area contributed by atoms with Crippen molar-refractivity contribution in [3.05, 3.63) is 71.2 Å². The second-order valence-electron chi connectivity index (χ2n) is 8.40. The fourth-order valence-electron chi connectivity index (χ4n) is 3.95. The lowest BCUT2D eigenvalue weighted by Crippen LogP contribution is -2.23. The zero-order valence-electron chi connectivity index (χ0n) is 20.1. The molecule has 0 aliphatic carbocycles. The summed E-state index contributed by atoms with van der Waals surface area (Å²) in [5.74, 6) is -0.0906. The van der Waals surface area contributed by atoms with Crippen LogP contribution in [0.5, 0.6) is 5.75 Å². The Morgan fingerprint density at radius 2 is 2.03 bits per heavy atom. The second kappa shape index (κ2) is 9.64. The zero-order valence-corrected chi connectivity index (χ0v) is 20.1. The van der Waals surface area contributed by atoms with Crippen LogP contribution in [0.25, 0.3) is 16.8 Å². The summed E-state index contributed by atoms with van der Waals surface area (Å²) in [6, 6.07) is 8.42. The Kier molecular flexibility index (Phi) is 6.65. The minimum Gasteiger partial charge on any atom is -0.492 e. The number of aryl methyl sites for hydroxylation is 1. The number of fused-ring (bicyclic) bond motifs is 1. The lowest BCUT2D eigenvalue weighted by molar-refractivity contribution is 0.0820. The van der Waals surface area contributed by atoms with Gasteiger partial charge in [0.05, 0.1) is 18.5 Å². The van der Waals surface area contributed by atoms with Crippen LogP contribution >= 0.6 is 0 Å². The van der Waals surface area contributed by atoms with Gasteiger partial charge in [-0.05, 0) is 38.2 Å². The summed E-state index contributed by atoms with van der Waals surface area (Å²) in [5.41, 5.74) is 5.67. The Morgan fingerprint density at radius 3 is 2.76 bits per heavy atom. The van der Waals surface area contributed by atoms with Crippen LogP contribution in [0.2, 0.25) is 0 Å². The molecule has 4 aromatic rings. The highest BCUT2D eigenvalue weighted by Crippen LogP contribution is 2.31. The molecule has 0 bridgehead atoms. The Morgan fingerprint density at radius 1 is 1.24 bits per heavy atom. The lowest BCUT2D eigenvalue weighted by Gasteiger charge is -2.14. The zero-order chi connectivity index (χ0) is 24.4. The number of amides is 1. The molecule has 0 aliphatic heterocycles. The standard InChI is InChI=1S/C25H29FN6O2/c1-16-20(24(29-31(16)5)25(33)30(3)4)10-11-34-22-12-18(26)7-8-21(22)17-6-9-23-28-14-19(13-27-2)32(23)15-17/h6-9,12,14-15,27H,10-11,13H2,1-5H3. The van der Waals surface area contributed by atoms with Crippen LogP contribution in [0.1, 0.15) is 27.4 Å². The normalized spacial score (nSPS) is 11.2. The van der Waals surface area contributed by atoms with E-state index in [0.29, 0.717) is 24.4 Å². The monoisotopic (exact) mass is 464 g/mol. The van der Waals surface area contributed by atoms with Gasteiger partial charge < -0.3 is 19.4 Å². The molecule has 178 valence electrons. The first-order valence-corrected chi connectivity index (χ1v) is 11.1. The first kappa shape index (κ1) is 23.4. The van der Waals surface area contributed by atoms with E-state index in [1.54, 1.807) is 24.8 Å². The van der Waals surface area contributed by atoms with Crippen molar-refractivity contribution in [1.82, 2.24) is 29.4 Å². The smallest absolute Gasteiger partial charge is 0.274 e. The number of halogens is 1. The van der Waals surface area contributed by atoms with E-state index in [1.807, 2.05) is 49.9 Å². The summed E-state index contributed by atoms with van der Waals surface area (Å²) in [6.07, 6.45) is 4.28. The number of aromatic nitrogens is 4. The van der Waals surface area contributed by atoms with Gasteiger partial charge in [0.25, 0.3) is 5.91 Å². The molecule has 0 fully saturated rings. The molecule has 0 spiro atoms. The maximum atomic E-state index is 14.1. The molecule has 1 aromatic carbocycles. The first-order chi connectivity index (χ1) is 16.3. The van der Waals surface area contributed by atoms with E-state index in [1.165, 1.54) is 17.0 Å². The molecular formula is C25H29FN6O2. The lowest BCUT2D eigenvalue weighted by atomic mass is 10.1. The molecule has 9 heteroatoms. The molecule has 3 heterocycles. The Balaban J connectivity index is 1.61. The van der Waals surface area contributed by atoms with Crippen LogP contribution < -0.4 is 10.1 Å². The van der Waals surface area contributed by atoms with Crippen LogP contribution in [0, 0.1) is 12.7 Å². The molecular weight excluding hydrogens is 435 g/mol. The van der Waals surface area contributed by atoms with Gasteiger partial charge in [-0.3, -0.25) is 9.48 Å². The van der Waals surface area contributed by atoms with E-state index in [9.17, 15) is 9.18 Å². The third-order valence-electron chi connectivity index (χ3n) is 5.87. The van der Waals surface area contributed by atoms with Crippen LogP contribution in [0.4, 0.5) is 4.39 Å². The highest BCUT2D eigenvalue weighted by atomic mass is 19.1. The minimum absolute atomic E-state index is 0.156. The number of ether oxygens (including phenoxy) is 1. The number of rotatable bonds is 8. The number of nitrogens with zero attached hydrogens (tertiary/aromatic N) is 5. The van der Waals surface area contributed by atoms with Gasteiger partial charge in [-0.25, -0.2) is 9.37 Å². The average Bonchev–Trinajstić information content (AvgIpc) is 3.34. The van der Waals surface area contributed by atoms with Gasteiger partial charge >= 0.3 is 0 Å². The summed E-state index contributed by atoms with van der Waals surface area (Å²) >= 11 is 0. The number of pyridine rings is 1. The quantitative estimate of drug-likeness (QED) is 0.433. The van der Waals surface area contributed by atoms with Crippen molar-refractivity contribution < 1.29 is 13.9 Å². The number of carbonyl (C=O) groups excluding carboxylic acids is 1. The van der Waals surface area contributed by atoms with Crippen LogP contribution in [0.15, 0.2) is 42.7 Å². The van der Waals surface area contributed by atoms with Crippen molar-refractivity contribution in [2.75, 3.05) is 27.7 Å². The van der Waals surface area contributed by atoms with Crippen LogP contribution in [-0.2, 0) is 20.0 Å². The minimum atomic E-state index is -0.376. The topological polar surface area (TPSA) is 76.7 Å². The number of hydrogen-bond acceptors (Lipinski definition) is 5. The number of benzene rings is 1. The SMILES string of the molecule is CNCc1cnc2ccc(-c3ccc(F)cc3OCCc3c(C(=O)N(C)C)nn(C)c3C)cn12. The highest BCUT2D eigenvalue weighted by molar-refractivity contribution is 5.93.